The van der Waals surface area contributed by atoms with Gasteiger partial charge in [-0.15, -0.1) is 0 Å². The smallest absolute Gasteiger partial charge is 0.0958 e. The van der Waals surface area contributed by atoms with Crippen LogP contribution in [0.15, 0.2) is 11.6 Å². The molecule has 0 fully saturated rings. The fourth-order valence-corrected chi connectivity index (χ4v) is 0.664. The molecule has 1 rings (SSSR count). The second kappa shape index (κ2) is 1.97. The molecule has 0 saturated carbocycles. The highest BCUT2D eigenvalue weighted by molar-refractivity contribution is 5.29. The van der Waals surface area contributed by atoms with Crippen molar-refractivity contribution in [2.45, 2.75) is 0 Å². The Morgan fingerprint density at radius 2 is 2.62 bits per heavy atom. The van der Waals surface area contributed by atoms with Crippen LogP contribution in [0.1, 0.15) is 0 Å². The molecule has 1 aliphatic heterocycles. The minimum absolute atomic E-state index is 0.774. The van der Waals surface area contributed by atoms with Gasteiger partial charge in [-0.3, -0.25) is 4.90 Å². The Kier molecular flexibility index (Phi) is 1.32. The van der Waals surface area contributed by atoms with Gasteiger partial charge in [0.15, 0.2) is 0 Å². The van der Waals surface area contributed by atoms with Gasteiger partial charge >= 0.3 is 0 Å². The summed E-state index contributed by atoms with van der Waals surface area (Å²) in [5, 5.41) is 8.32. The Balaban J connectivity index is 2.53. The van der Waals surface area contributed by atoms with E-state index in [1.54, 1.807) is 0 Å². The van der Waals surface area contributed by atoms with Crippen molar-refractivity contribution < 1.29 is 0 Å². The molecule has 41 valence electrons. The van der Waals surface area contributed by atoms with Crippen LogP contribution in [-0.2, 0) is 0 Å². The highest BCUT2D eigenvalue weighted by Crippen LogP contribution is 2.07. The number of likely N-dealkylation sites (N-methyl/N-ethyl adjacent to an activating group) is 1. The Labute approximate surface area is 49.0 Å². The van der Waals surface area contributed by atoms with E-state index in [-0.39, 0.29) is 0 Å². The van der Waals surface area contributed by atoms with Crippen molar-refractivity contribution in [3.8, 4) is 6.07 Å². The molecule has 0 atom stereocenters. The van der Waals surface area contributed by atoms with E-state index in [9.17, 15) is 0 Å². The average Bonchev–Trinajstić information content (AvgIpc) is 2.14. The van der Waals surface area contributed by atoms with E-state index in [0.29, 0.717) is 0 Å². The molecule has 0 aliphatic carbocycles. The first kappa shape index (κ1) is 5.33. The van der Waals surface area contributed by atoms with Crippen molar-refractivity contribution in [3.63, 3.8) is 0 Å². The lowest BCUT2D eigenvalue weighted by Crippen LogP contribution is -2.09. The average molecular weight is 107 g/mol. The molecule has 2 heteroatoms. The first-order valence-electron chi connectivity index (χ1n) is 2.47. The highest BCUT2D eigenvalue weighted by Gasteiger charge is 2.07. The second-order valence-corrected chi connectivity index (χ2v) is 1.87. The molecule has 0 bridgehead atoms. The summed E-state index contributed by atoms with van der Waals surface area (Å²) < 4.78 is 0. The molecule has 0 saturated heterocycles. The molecule has 1 radical (unpaired) electrons. The van der Waals surface area contributed by atoms with E-state index in [4.69, 9.17) is 5.26 Å². The quantitative estimate of drug-likeness (QED) is 0.452. The number of nitriles is 1. The van der Waals surface area contributed by atoms with Crippen LogP contribution in [0.5, 0.6) is 0 Å². The highest BCUT2D eigenvalue weighted by atomic mass is 15.1. The van der Waals surface area contributed by atoms with Gasteiger partial charge in [-0.1, -0.05) is 6.08 Å². The molecule has 8 heavy (non-hydrogen) atoms. The van der Waals surface area contributed by atoms with Crippen molar-refractivity contribution in [1.29, 1.82) is 5.26 Å². The number of hydrogen-bond donors (Lipinski definition) is 0. The topological polar surface area (TPSA) is 27.0 Å². The van der Waals surface area contributed by atoms with Gasteiger partial charge in [0.2, 0.25) is 0 Å². The first-order chi connectivity index (χ1) is 3.83. The molecule has 0 aromatic rings. The predicted molar refractivity (Wildman–Crippen MR) is 30.6 cm³/mol. The monoisotopic (exact) mass is 107 g/mol. The van der Waals surface area contributed by atoms with E-state index >= 15 is 0 Å². The van der Waals surface area contributed by atoms with Crippen LogP contribution in [-0.4, -0.2) is 18.5 Å². The van der Waals surface area contributed by atoms with Gasteiger partial charge in [0.25, 0.3) is 0 Å². The van der Waals surface area contributed by atoms with Crippen molar-refractivity contribution in [2.75, 3.05) is 13.6 Å². The standard InChI is InChI=1S/C6H7N2/c1-8-3-2-6(4-7)5-8/h2-3H,5H2,1H3. The number of hydrogen-bond acceptors (Lipinski definition) is 2. The molecule has 1 heterocycles. The lowest BCUT2D eigenvalue weighted by atomic mass is 10.3. The van der Waals surface area contributed by atoms with Gasteiger partial charge in [0, 0.05) is 18.7 Å². The molecule has 0 amide bonds. The third-order valence-corrected chi connectivity index (χ3v) is 1.09. The molecule has 0 aromatic carbocycles. The summed E-state index contributed by atoms with van der Waals surface area (Å²) in [6.07, 6.45) is 1.83. The molecular formula is C6H7N2. The molecule has 0 aromatic heterocycles. The van der Waals surface area contributed by atoms with Crippen molar-refractivity contribution in [1.82, 2.24) is 4.90 Å². The Bertz CT molecular complexity index is 152. The maximum atomic E-state index is 8.32. The molecule has 0 N–H and O–H groups in total. The largest absolute Gasteiger partial charge is 0.293 e. The summed E-state index contributed by atoms with van der Waals surface area (Å²) in [6, 6.07) is 2.08. The molecular weight excluding hydrogens is 100 g/mol. The van der Waals surface area contributed by atoms with Crippen LogP contribution in [0.2, 0.25) is 0 Å². The van der Waals surface area contributed by atoms with Gasteiger partial charge in [-0.25, -0.2) is 0 Å². The van der Waals surface area contributed by atoms with E-state index in [1.807, 2.05) is 24.6 Å². The SMILES string of the molecule is CN1[CH]C=C(C#N)C1. The first-order valence-corrected chi connectivity index (χ1v) is 2.47. The van der Waals surface area contributed by atoms with Gasteiger partial charge in [0.05, 0.1) is 6.07 Å². The summed E-state index contributed by atoms with van der Waals surface area (Å²) in [6.45, 7) is 2.68. The van der Waals surface area contributed by atoms with Gasteiger partial charge in [0.1, 0.15) is 0 Å². The van der Waals surface area contributed by atoms with E-state index in [0.717, 1.165) is 12.1 Å². The zero-order chi connectivity index (χ0) is 5.98. The Morgan fingerprint density at radius 3 is 2.88 bits per heavy atom. The lowest BCUT2D eigenvalue weighted by molar-refractivity contribution is 0.488. The van der Waals surface area contributed by atoms with Crippen LogP contribution >= 0.6 is 0 Å². The van der Waals surface area contributed by atoms with Crippen molar-refractivity contribution >= 4 is 0 Å². The second-order valence-electron chi connectivity index (χ2n) is 1.87. The van der Waals surface area contributed by atoms with E-state index in [2.05, 4.69) is 6.07 Å². The Hall–Kier alpha value is -0.810. The predicted octanol–water partition coefficient (Wildman–Crippen LogP) is 0.544. The zero-order valence-corrected chi connectivity index (χ0v) is 4.76. The third-order valence-electron chi connectivity index (χ3n) is 1.09. The van der Waals surface area contributed by atoms with Gasteiger partial charge in [-0.2, -0.15) is 5.26 Å². The minimum atomic E-state index is 0.774. The van der Waals surface area contributed by atoms with Crippen molar-refractivity contribution in [3.05, 3.63) is 18.2 Å². The van der Waals surface area contributed by atoms with Gasteiger partial charge < -0.3 is 0 Å². The van der Waals surface area contributed by atoms with Crippen molar-refractivity contribution in [2.24, 2.45) is 0 Å². The van der Waals surface area contributed by atoms with Crippen LogP contribution < -0.4 is 0 Å². The number of rotatable bonds is 0. The summed E-state index contributed by atoms with van der Waals surface area (Å²) in [4.78, 5) is 1.97. The van der Waals surface area contributed by atoms with E-state index < -0.39 is 0 Å². The van der Waals surface area contributed by atoms with Crippen LogP contribution in [0.25, 0.3) is 0 Å². The summed E-state index contributed by atoms with van der Waals surface area (Å²) in [7, 11) is 1.95. The Morgan fingerprint density at radius 1 is 1.88 bits per heavy atom. The molecule has 0 unspecified atom stereocenters. The maximum Gasteiger partial charge on any atom is 0.0958 e. The lowest BCUT2D eigenvalue weighted by Gasteiger charge is -2.01. The fraction of sp³-hybridized carbons (Fsp3) is 0.333. The molecule has 2 nitrogen and oxygen atoms in total. The van der Waals surface area contributed by atoms with E-state index in [1.165, 1.54) is 0 Å². The summed E-state index contributed by atoms with van der Waals surface area (Å²) in [5.74, 6) is 0. The van der Waals surface area contributed by atoms with Gasteiger partial charge in [-0.05, 0) is 7.05 Å². The maximum absolute atomic E-state index is 8.32. The van der Waals surface area contributed by atoms with Crippen LogP contribution in [0.4, 0.5) is 0 Å². The fourth-order valence-electron chi connectivity index (χ4n) is 0.664. The zero-order valence-electron chi connectivity index (χ0n) is 4.76. The van der Waals surface area contributed by atoms with Crippen LogP contribution in [0.3, 0.4) is 0 Å². The van der Waals surface area contributed by atoms with Crippen LogP contribution in [0, 0.1) is 17.9 Å². The molecule has 0 spiro atoms. The number of nitrogens with zero attached hydrogens (tertiary/aromatic N) is 2. The molecule has 1 aliphatic rings. The normalized spacial score (nSPS) is 20.2. The minimum Gasteiger partial charge on any atom is -0.293 e. The summed E-state index contributed by atoms with van der Waals surface area (Å²) >= 11 is 0. The summed E-state index contributed by atoms with van der Waals surface area (Å²) in [5.41, 5.74) is 0.840. The third kappa shape index (κ3) is 0.877.